The molecule has 1 fully saturated rings. The average Bonchev–Trinajstić information content (AvgIpc) is 2.37. The van der Waals surface area contributed by atoms with Crippen molar-refractivity contribution in [2.24, 2.45) is 0 Å². The van der Waals surface area contributed by atoms with E-state index in [4.69, 9.17) is 14.7 Å². The lowest BCUT2D eigenvalue weighted by Crippen LogP contribution is -2.30. The number of hydrogen-bond acceptors (Lipinski definition) is 4. The summed E-state index contributed by atoms with van der Waals surface area (Å²) in [5.41, 5.74) is 0.544. The van der Waals surface area contributed by atoms with Crippen LogP contribution in [0.5, 0.6) is 0 Å². The topological polar surface area (TPSA) is 54.3 Å². The summed E-state index contributed by atoms with van der Waals surface area (Å²) in [7, 11) is 0. The number of nitriles is 1. The Morgan fingerprint density at radius 2 is 2.41 bits per heavy atom. The second kappa shape index (κ2) is 5.62. The highest BCUT2D eigenvalue weighted by Crippen LogP contribution is 2.18. The minimum absolute atomic E-state index is 0.0403. The maximum Gasteiger partial charge on any atom is 0.147 e. The third-order valence-electron chi connectivity index (χ3n) is 2.62. The van der Waals surface area contributed by atoms with Gasteiger partial charge in [-0.3, -0.25) is 0 Å². The summed E-state index contributed by atoms with van der Waals surface area (Å²) in [6.45, 7) is 1.50. The van der Waals surface area contributed by atoms with E-state index in [0.717, 1.165) is 6.42 Å². The first-order chi connectivity index (χ1) is 8.31. The molecule has 1 aromatic carbocycles. The average molecular weight is 236 g/mol. The number of nitrogens with one attached hydrogen (secondary N) is 1. The van der Waals surface area contributed by atoms with Gasteiger partial charge < -0.3 is 14.8 Å². The molecule has 2 rings (SSSR count). The lowest BCUT2D eigenvalue weighted by Gasteiger charge is -2.23. The highest BCUT2D eigenvalue weighted by molar-refractivity contribution is 5.57. The van der Waals surface area contributed by atoms with Gasteiger partial charge in [0.2, 0.25) is 0 Å². The van der Waals surface area contributed by atoms with Crippen molar-refractivity contribution in [3.05, 3.63) is 29.6 Å². The molecule has 0 bridgehead atoms. The molecule has 1 saturated heterocycles. The van der Waals surface area contributed by atoms with Crippen LogP contribution in [0.25, 0.3) is 0 Å². The largest absolute Gasteiger partial charge is 0.381 e. The van der Waals surface area contributed by atoms with Crippen molar-refractivity contribution < 1.29 is 13.9 Å². The van der Waals surface area contributed by atoms with Crippen LogP contribution in [0.4, 0.5) is 10.1 Å². The molecule has 1 aliphatic heterocycles. The molecule has 0 saturated carbocycles. The van der Waals surface area contributed by atoms with E-state index >= 15 is 0 Å². The van der Waals surface area contributed by atoms with Crippen LogP contribution < -0.4 is 5.32 Å². The quantitative estimate of drug-likeness (QED) is 0.870. The standard InChI is InChI=1S/C12H13FN2O2/c13-11-2-1-3-12(10(11)6-14)15-7-9-4-5-16-8-17-9/h1-3,9,15H,4-5,7-8H2. The van der Waals surface area contributed by atoms with Crippen LogP contribution in [-0.4, -0.2) is 26.0 Å². The highest BCUT2D eigenvalue weighted by Gasteiger charge is 2.15. The number of anilines is 1. The molecular formula is C12H13FN2O2. The monoisotopic (exact) mass is 236 g/mol. The molecule has 0 aliphatic carbocycles. The van der Waals surface area contributed by atoms with Gasteiger partial charge >= 0.3 is 0 Å². The molecule has 4 nitrogen and oxygen atoms in total. The molecule has 90 valence electrons. The van der Waals surface area contributed by atoms with E-state index in [1.807, 2.05) is 6.07 Å². The summed E-state index contributed by atoms with van der Waals surface area (Å²) in [5, 5.41) is 11.9. The minimum atomic E-state index is -0.509. The normalized spacial score (nSPS) is 19.6. The predicted octanol–water partition coefficient (Wildman–Crippen LogP) is 1.87. The maximum atomic E-state index is 13.3. The summed E-state index contributed by atoms with van der Waals surface area (Å²) in [4.78, 5) is 0. The number of rotatable bonds is 3. The van der Waals surface area contributed by atoms with E-state index in [0.29, 0.717) is 25.6 Å². The van der Waals surface area contributed by atoms with Crippen molar-refractivity contribution in [1.29, 1.82) is 5.26 Å². The third kappa shape index (κ3) is 2.93. The molecule has 1 aromatic rings. The first-order valence-electron chi connectivity index (χ1n) is 5.43. The van der Waals surface area contributed by atoms with Crippen molar-refractivity contribution >= 4 is 5.69 Å². The minimum Gasteiger partial charge on any atom is -0.381 e. The Bertz CT molecular complexity index is 425. The molecule has 0 radical (unpaired) electrons. The second-order valence-electron chi connectivity index (χ2n) is 3.76. The van der Waals surface area contributed by atoms with Gasteiger partial charge in [-0.2, -0.15) is 5.26 Å². The lowest BCUT2D eigenvalue weighted by molar-refractivity contribution is -0.133. The Kier molecular flexibility index (Phi) is 3.91. The summed E-state index contributed by atoms with van der Waals surface area (Å²) < 4.78 is 23.7. The first kappa shape index (κ1) is 11.8. The van der Waals surface area contributed by atoms with Gasteiger partial charge in [-0.1, -0.05) is 6.07 Å². The van der Waals surface area contributed by atoms with E-state index in [1.54, 1.807) is 12.1 Å². The molecule has 1 aliphatic rings. The Morgan fingerprint density at radius 1 is 1.53 bits per heavy atom. The summed E-state index contributed by atoms with van der Waals surface area (Å²) in [5.74, 6) is -0.509. The number of nitrogens with zero attached hydrogens (tertiary/aromatic N) is 1. The van der Waals surface area contributed by atoms with Gasteiger partial charge in [0.1, 0.15) is 24.2 Å². The van der Waals surface area contributed by atoms with Crippen LogP contribution >= 0.6 is 0 Å². The summed E-state index contributed by atoms with van der Waals surface area (Å²) >= 11 is 0. The SMILES string of the molecule is N#Cc1c(F)cccc1NCC1CCOCO1. The first-order valence-corrected chi connectivity index (χ1v) is 5.43. The fraction of sp³-hybridized carbons (Fsp3) is 0.417. The third-order valence-corrected chi connectivity index (χ3v) is 2.62. The maximum absolute atomic E-state index is 13.3. The molecule has 5 heteroatoms. The van der Waals surface area contributed by atoms with Crippen molar-refractivity contribution in [3.63, 3.8) is 0 Å². The zero-order valence-electron chi connectivity index (χ0n) is 9.28. The van der Waals surface area contributed by atoms with Gasteiger partial charge in [0, 0.05) is 6.54 Å². The zero-order valence-corrected chi connectivity index (χ0v) is 9.28. The Morgan fingerprint density at radius 3 is 3.12 bits per heavy atom. The van der Waals surface area contributed by atoms with Crippen LogP contribution in [0.3, 0.4) is 0 Å². The molecule has 1 heterocycles. The lowest BCUT2D eigenvalue weighted by atomic mass is 10.1. The second-order valence-corrected chi connectivity index (χ2v) is 3.76. The molecule has 0 spiro atoms. The van der Waals surface area contributed by atoms with Crippen molar-refractivity contribution in [2.45, 2.75) is 12.5 Å². The van der Waals surface area contributed by atoms with Crippen molar-refractivity contribution in [3.8, 4) is 6.07 Å². The van der Waals surface area contributed by atoms with Crippen molar-refractivity contribution in [1.82, 2.24) is 0 Å². The van der Waals surface area contributed by atoms with E-state index in [9.17, 15) is 4.39 Å². The van der Waals surface area contributed by atoms with Crippen LogP contribution in [0.2, 0.25) is 0 Å². The molecule has 0 amide bonds. The fourth-order valence-electron chi connectivity index (χ4n) is 1.67. The molecule has 0 aromatic heterocycles. The predicted molar refractivity (Wildman–Crippen MR) is 59.9 cm³/mol. The van der Waals surface area contributed by atoms with E-state index in [-0.39, 0.29) is 11.7 Å². The molecule has 1 atom stereocenters. The zero-order chi connectivity index (χ0) is 12.1. The van der Waals surface area contributed by atoms with Gasteiger partial charge in [-0.25, -0.2) is 4.39 Å². The Balaban J connectivity index is 1.99. The van der Waals surface area contributed by atoms with Gasteiger partial charge in [0.15, 0.2) is 0 Å². The van der Waals surface area contributed by atoms with Gasteiger partial charge in [-0.15, -0.1) is 0 Å². The fourth-order valence-corrected chi connectivity index (χ4v) is 1.67. The van der Waals surface area contributed by atoms with Crippen LogP contribution in [0, 0.1) is 17.1 Å². The van der Waals surface area contributed by atoms with Crippen molar-refractivity contribution in [2.75, 3.05) is 25.3 Å². The Labute approximate surface area is 99.0 Å². The number of ether oxygens (including phenoxy) is 2. The smallest absolute Gasteiger partial charge is 0.147 e. The van der Waals surface area contributed by atoms with E-state index in [2.05, 4.69) is 5.32 Å². The Hall–Kier alpha value is -1.64. The van der Waals surface area contributed by atoms with Crippen LogP contribution in [0.15, 0.2) is 18.2 Å². The molecular weight excluding hydrogens is 223 g/mol. The van der Waals surface area contributed by atoms with E-state index < -0.39 is 5.82 Å². The van der Waals surface area contributed by atoms with Gasteiger partial charge in [0.05, 0.1) is 18.4 Å². The molecule has 1 unspecified atom stereocenters. The molecule has 17 heavy (non-hydrogen) atoms. The van der Waals surface area contributed by atoms with Gasteiger partial charge in [-0.05, 0) is 18.6 Å². The summed E-state index contributed by atoms with van der Waals surface area (Å²) in [6.07, 6.45) is 0.836. The van der Waals surface area contributed by atoms with E-state index in [1.165, 1.54) is 6.07 Å². The van der Waals surface area contributed by atoms with Crippen LogP contribution in [-0.2, 0) is 9.47 Å². The number of hydrogen-bond donors (Lipinski definition) is 1. The van der Waals surface area contributed by atoms with Gasteiger partial charge in [0.25, 0.3) is 0 Å². The highest BCUT2D eigenvalue weighted by atomic mass is 19.1. The number of benzene rings is 1. The van der Waals surface area contributed by atoms with Crippen LogP contribution in [0.1, 0.15) is 12.0 Å². The summed E-state index contributed by atoms with van der Waals surface area (Å²) in [6, 6.07) is 6.38. The number of halogens is 1. The molecule has 1 N–H and O–H groups in total.